The summed E-state index contributed by atoms with van der Waals surface area (Å²) >= 11 is 0. The molecular formula is C30H30N4O3. The molecule has 0 unspecified atom stereocenters. The standard InChI is InChI=1S/C30H30N4O3/c35-30(21-9-12-27(13-10-21)34(36)32-26-6-2-3-7-26)33-15-16-37-29-14-11-22(17-25(29)20-33)24-18-23-5-1-4-8-28(23)31-19-24/h1,4-5,8-14,17-19,26,32,36H,2-3,6-7,15-16,20H2. The second kappa shape index (κ2) is 10.2. The number of rotatable bonds is 5. The van der Waals surface area contributed by atoms with Crippen molar-refractivity contribution in [3.8, 4) is 16.9 Å². The number of fused-ring (bicyclic) bond motifs is 2. The Morgan fingerprint density at radius 3 is 2.65 bits per heavy atom. The lowest BCUT2D eigenvalue weighted by Crippen LogP contribution is -2.41. The third-order valence-electron chi connectivity index (χ3n) is 7.27. The largest absolute Gasteiger partial charge is 0.491 e. The number of aromatic nitrogens is 1. The monoisotopic (exact) mass is 494 g/mol. The van der Waals surface area contributed by atoms with Gasteiger partial charge in [-0.05, 0) is 66.9 Å². The van der Waals surface area contributed by atoms with Gasteiger partial charge in [0.1, 0.15) is 12.4 Å². The molecule has 0 bridgehead atoms. The van der Waals surface area contributed by atoms with Gasteiger partial charge in [0, 0.05) is 40.9 Å². The molecule has 2 heterocycles. The van der Waals surface area contributed by atoms with Crippen LogP contribution >= 0.6 is 0 Å². The van der Waals surface area contributed by atoms with Crippen LogP contribution < -0.4 is 15.3 Å². The van der Waals surface area contributed by atoms with Crippen molar-refractivity contribution >= 4 is 22.5 Å². The van der Waals surface area contributed by atoms with Crippen LogP contribution in [0.4, 0.5) is 5.69 Å². The molecule has 188 valence electrons. The third-order valence-corrected chi connectivity index (χ3v) is 7.27. The lowest BCUT2D eigenvalue weighted by molar-refractivity contribution is 0.0733. The topological polar surface area (TPSA) is 77.9 Å². The van der Waals surface area contributed by atoms with E-state index in [0.29, 0.717) is 37.0 Å². The second-order valence-electron chi connectivity index (χ2n) is 9.78. The van der Waals surface area contributed by atoms with Crippen LogP contribution in [0, 0.1) is 0 Å². The van der Waals surface area contributed by atoms with Gasteiger partial charge in [0.25, 0.3) is 5.91 Å². The van der Waals surface area contributed by atoms with Crippen molar-refractivity contribution in [1.82, 2.24) is 15.3 Å². The van der Waals surface area contributed by atoms with Gasteiger partial charge in [0.15, 0.2) is 0 Å². The van der Waals surface area contributed by atoms with E-state index in [2.05, 4.69) is 28.6 Å². The van der Waals surface area contributed by atoms with E-state index >= 15 is 0 Å². The van der Waals surface area contributed by atoms with Crippen LogP contribution in [0.3, 0.4) is 0 Å². The molecule has 7 heteroatoms. The maximum Gasteiger partial charge on any atom is 0.254 e. The maximum atomic E-state index is 13.4. The Bertz CT molecular complexity index is 1420. The van der Waals surface area contributed by atoms with Crippen molar-refractivity contribution in [1.29, 1.82) is 0 Å². The molecule has 2 N–H and O–H groups in total. The van der Waals surface area contributed by atoms with Crippen LogP contribution in [-0.4, -0.2) is 40.2 Å². The van der Waals surface area contributed by atoms with E-state index in [-0.39, 0.29) is 5.91 Å². The summed E-state index contributed by atoms with van der Waals surface area (Å²) in [7, 11) is 0. The molecule has 0 atom stereocenters. The number of carbonyl (C=O) groups excluding carboxylic acids is 1. The van der Waals surface area contributed by atoms with E-state index in [1.807, 2.05) is 41.4 Å². The molecule has 0 saturated heterocycles. The fraction of sp³-hybridized carbons (Fsp3) is 0.267. The molecule has 1 aromatic heterocycles. The van der Waals surface area contributed by atoms with Gasteiger partial charge in [0.2, 0.25) is 0 Å². The number of hydrazine groups is 1. The van der Waals surface area contributed by atoms with Crippen LogP contribution in [0.5, 0.6) is 5.75 Å². The minimum Gasteiger partial charge on any atom is -0.491 e. The summed E-state index contributed by atoms with van der Waals surface area (Å²) in [5.41, 5.74) is 8.32. The van der Waals surface area contributed by atoms with Gasteiger partial charge in [0.05, 0.1) is 17.7 Å². The molecule has 0 radical (unpaired) electrons. The Hall–Kier alpha value is -3.94. The first-order chi connectivity index (χ1) is 18.1. The van der Waals surface area contributed by atoms with E-state index in [4.69, 9.17) is 4.74 Å². The number of ether oxygens (including phenoxy) is 1. The van der Waals surface area contributed by atoms with Crippen molar-refractivity contribution in [3.63, 3.8) is 0 Å². The number of para-hydroxylation sites is 1. The van der Waals surface area contributed by atoms with E-state index < -0.39 is 0 Å². The zero-order valence-corrected chi connectivity index (χ0v) is 20.6. The second-order valence-corrected chi connectivity index (χ2v) is 9.78. The minimum absolute atomic E-state index is 0.0611. The SMILES string of the molecule is O=C(c1ccc(N(O)NC2CCCC2)cc1)N1CCOc2ccc(-c3cnc4ccccc4c3)cc2C1. The van der Waals surface area contributed by atoms with Crippen LogP contribution in [-0.2, 0) is 6.54 Å². The minimum atomic E-state index is -0.0611. The van der Waals surface area contributed by atoms with Gasteiger partial charge in [-0.1, -0.05) is 37.1 Å². The highest BCUT2D eigenvalue weighted by atomic mass is 16.5. The van der Waals surface area contributed by atoms with Crippen LogP contribution in [0.2, 0.25) is 0 Å². The molecule has 1 aliphatic heterocycles. The zero-order chi connectivity index (χ0) is 25.2. The van der Waals surface area contributed by atoms with Crippen molar-refractivity contribution in [2.75, 3.05) is 18.3 Å². The highest BCUT2D eigenvalue weighted by Gasteiger charge is 2.22. The predicted molar refractivity (Wildman–Crippen MR) is 144 cm³/mol. The molecule has 4 aromatic rings. The van der Waals surface area contributed by atoms with Gasteiger partial charge in [-0.15, -0.1) is 0 Å². The van der Waals surface area contributed by atoms with Crippen molar-refractivity contribution in [2.45, 2.75) is 38.3 Å². The molecule has 3 aromatic carbocycles. The molecule has 37 heavy (non-hydrogen) atoms. The molecule has 1 amide bonds. The first-order valence-electron chi connectivity index (χ1n) is 12.9. The number of pyridine rings is 1. The van der Waals surface area contributed by atoms with Gasteiger partial charge in [-0.25, -0.2) is 5.43 Å². The summed E-state index contributed by atoms with van der Waals surface area (Å²) in [6.45, 7) is 1.39. The fourth-order valence-corrected chi connectivity index (χ4v) is 5.21. The lowest BCUT2D eigenvalue weighted by atomic mass is 10.0. The van der Waals surface area contributed by atoms with E-state index in [9.17, 15) is 10.0 Å². The lowest BCUT2D eigenvalue weighted by Gasteiger charge is -2.23. The quantitative estimate of drug-likeness (QED) is 0.353. The van der Waals surface area contributed by atoms with E-state index in [1.165, 1.54) is 12.8 Å². The summed E-state index contributed by atoms with van der Waals surface area (Å²) in [4.78, 5) is 19.8. The normalized spacial score (nSPS) is 15.8. The van der Waals surface area contributed by atoms with Crippen molar-refractivity contribution in [3.05, 3.63) is 90.1 Å². The van der Waals surface area contributed by atoms with Crippen LogP contribution in [0.1, 0.15) is 41.6 Å². The average Bonchev–Trinajstić information content (AvgIpc) is 3.36. The van der Waals surface area contributed by atoms with Crippen molar-refractivity contribution < 1.29 is 14.7 Å². The maximum absolute atomic E-state index is 13.4. The number of amides is 1. The highest BCUT2D eigenvalue weighted by Crippen LogP contribution is 2.31. The van der Waals surface area contributed by atoms with Gasteiger partial charge >= 0.3 is 0 Å². The Morgan fingerprint density at radius 2 is 1.81 bits per heavy atom. The van der Waals surface area contributed by atoms with Gasteiger partial charge < -0.3 is 9.64 Å². The van der Waals surface area contributed by atoms with Crippen LogP contribution in [0.15, 0.2) is 79.0 Å². The fourth-order valence-electron chi connectivity index (χ4n) is 5.21. The van der Waals surface area contributed by atoms with Gasteiger partial charge in [-0.2, -0.15) is 5.17 Å². The summed E-state index contributed by atoms with van der Waals surface area (Å²) in [5, 5.41) is 12.6. The highest BCUT2D eigenvalue weighted by molar-refractivity contribution is 5.94. The Labute approximate surface area is 216 Å². The van der Waals surface area contributed by atoms with Crippen LogP contribution in [0.25, 0.3) is 22.0 Å². The molecule has 2 aliphatic rings. The Kier molecular flexibility index (Phi) is 6.47. The summed E-state index contributed by atoms with van der Waals surface area (Å²) in [5.74, 6) is 0.742. The van der Waals surface area contributed by atoms with E-state index in [0.717, 1.165) is 51.4 Å². The number of nitrogens with zero attached hydrogens (tertiary/aromatic N) is 3. The summed E-state index contributed by atoms with van der Waals surface area (Å²) < 4.78 is 5.98. The number of hydrogen-bond donors (Lipinski definition) is 2. The third kappa shape index (κ3) is 5.01. The summed E-state index contributed by atoms with van der Waals surface area (Å²) in [6, 6.07) is 23.7. The Morgan fingerprint density at radius 1 is 1.00 bits per heavy atom. The molecule has 6 rings (SSSR count). The number of hydrogen-bond acceptors (Lipinski definition) is 6. The molecule has 0 spiro atoms. The molecule has 7 nitrogen and oxygen atoms in total. The van der Waals surface area contributed by atoms with E-state index in [1.54, 1.807) is 24.3 Å². The zero-order valence-electron chi connectivity index (χ0n) is 20.6. The number of anilines is 1. The molecule has 1 fully saturated rings. The molecule has 1 aliphatic carbocycles. The number of carbonyl (C=O) groups is 1. The van der Waals surface area contributed by atoms with Crippen molar-refractivity contribution in [2.24, 2.45) is 0 Å². The molecule has 1 saturated carbocycles. The predicted octanol–water partition coefficient (Wildman–Crippen LogP) is 5.58. The van der Waals surface area contributed by atoms with Gasteiger partial charge in [-0.3, -0.25) is 15.0 Å². The Balaban J connectivity index is 1.19. The number of benzene rings is 3. The number of nitrogens with one attached hydrogen (secondary N) is 1. The smallest absolute Gasteiger partial charge is 0.254 e. The average molecular weight is 495 g/mol. The first-order valence-corrected chi connectivity index (χ1v) is 12.9. The summed E-state index contributed by atoms with van der Waals surface area (Å²) in [6.07, 6.45) is 6.37. The first kappa shape index (κ1) is 23.5. The molecular weight excluding hydrogens is 464 g/mol.